The molecule has 1 aliphatic rings. The third-order valence-electron chi connectivity index (χ3n) is 7.34. The molecule has 39 heavy (non-hydrogen) atoms. The maximum atomic E-state index is 10.7. The number of nitrogens with zero attached hydrogens (tertiary/aromatic N) is 4. The second kappa shape index (κ2) is 13.0. The summed E-state index contributed by atoms with van der Waals surface area (Å²) >= 11 is 0. The van der Waals surface area contributed by atoms with Crippen molar-refractivity contribution in [1.29, 1.82) is 0 Å². The number of benzene rings is 3. The van der Waals surface area contributed by atoms with Gasteiger partial charge in [0, 0.05) is 57.4 Å². The van der Waals surface area contributed by atoms with Gasteiger partial charge in [0.15, 0.2) is 5.82 Å². The van der Waals surface area contributed by atoms with E-state index in [-0.39, 0.29) is 6.10 Å². The molecule has 1 N–H and O–H groups in total. The van der Waals surface area contributed by atoms with Crippen LogP contribution in [0.5, 0.6) is 0 Å². The van der Waals surface area contributed by atoms with E-state index in [1.165, 1.54) is 16.7 Å². The van der Waals surface area contributed by atoms with Gasteiger partial charge in [0.2, 0.25) is 0 Å². The van der Waals surface area contributed by atoms with E-state index >= 15 is 0 Å². The molecule has 4 aromatic rings. The van der Waals surface area contributed by atoms with Crippen molar-refractivity contribution < 1.29 is 9.84 Å². The lowest BCUT2D eigenvalue weighted by atomic mass is 10.0. The van der Waals surface area contributed by atoms with Gasteiger partial charge in [0.25, 0.3) is 0 Å². The van der Waals surface area contributed by atoms with E-state index in [1.54, 1.807) is 7.11 Å². The molecule has 0 radical (unpaired) electrons. The van der Waals surface area contributed by atoms with Crippen molar-refractivity contribution in [2.45, 2.75) is 32.5 Å². The van der Waals surface area contributed by atoms with E-state index < -0.39 is 0 Å². The Hall–Kier alpha value is -3.58. The Bertz CT molecular complexity index is 1320. The summed E-state index contributed by atoms with van der Waals surface area (Å²) in [6, 6.07) is 29.1. The Labute approximate surface area is 231 Å². The minimum absolute atomic E-state index is 0.381. The summed E-state index contributed by atoms with van der Waals surface area (Å²) < 4.78 is 5.62. The molecule has 6 nitrogen and oxygen atoms in total. The fraction of sp³-hybridized carbons (Fsp3) is 0.333. The van der Waals surface area contributed by atoms with Gasteiger partial charge in [0.05, 0.1) is 18.4 Å². The minimum Gasteiger partial charge on any atom is -0.391 e. The highest BCUT2D eigenvalue weighted by molar-refractivity contribution is 5.61. The number of anilines is 1. The van der Waals surface area contributed by atoms with Gasteiger partial charge in [-0.1, -0.05) is 90.5 Å². The highest BCUT2D eigenvalue weighted by Gasteiger charge is 2.25. The van der Waals surface area contributed by atoms with Crippen LogP contribution in [0.4, 0.5) is 5.82 Å². The Kier molecular flexibility index (Phi) is 8.99. The summed E-state index contributed by atoms with van der Waals surface area (Å²) in [4.78, 5) is 14.9. The van der Waals surface area contributed by atoms with Gasteiger partial charge in [-0.25, -0.2) is 9.97 Å². The van der Waals surface area contributed by atoms with Gasteiger partial charge in [-0.2, -0.15) is 0 Å². The fourth-order valence-electron chi connectivity index (χ4n) is 5.23. The molecule has 5 rings (SSSR count). The molecule has 0 bridgehead atoms. The number of rotatable bonds is 10. The number of piperazine rings is 1. The van der Waals surface area contributed by atoms with Gasteiger partial charge in [-0.05, 0) is 24.5 Å². The maximum absolute atomic E-state index is 10.7. The molecule has 1 aliphatic heterocycles. The monoisotopic (exact) mass is 522 g/mol. The van der Waals surface area contributed by atoms with Crippen molar-refractivity contribution >= 4 is 5.82 Å². The molecule has 1 atom stereocenters. The normalized spacial score (nSPS) is 14.9. The van der Waals surface area contributed by atoms with Crippen LogP contribution in [-0.2, 0) is 24.2 Å². The zero-order valence-corrected chi connectivity index (χ0v) is 23.0. The summed E-state index contributed by atoms with van der Waals surface area (Å²) in [5, 5.41) is 10.7. The van der Waals surface area contributed by atoms with Gasteiger partial charge in [-0.3, -0.25) is 4.90 Å². The maximum Gasteiger partial charge on any atom is 0.161 e. The Morgan fingerprint density at radius 2 is 1.49 bits per heavy atom. The smallest absolute Gasteiger partial charge is 0.161 e. The first-order valence-electron chi connectivity index (χ1n) is 13.8. The lowest BCUT2D eigenvalue weighted by molar-refractivity contribution is 0.109. The summed E-state index contributed by atoms with van der Waals surface area (Å²) in [6.07, 6.45) is 1.04. The first kappa shape index (κ1) is 27.0. The highest BCUT2D eigenvalue weighted by Crippen LogP contribution is 2.29. The van der Waals surface area contributed by atoms with Crippen molar-refractivity contribution in [2.75, 3.05) is 44.7 Å². The first-order chi connectivity index (χ1) is 19.1. The zero-order chi connectivity index (χ0) is 27.0. The number of hydrogen-bond donors (Lipinski definition) is 1. The topological polar surface area (TPSA) is 61.7 Å². The van der Waals surface area contributed by atoms with Gasteiger partial charge >= 0.3 is 0 Å². The Balaban J connectivity index is 1.38. The number of aryl methyl sites for hydroxylation is 1. The SMILES string of the molecule is COCc1nc(-c2ccccc2)nc(N2CCN(C[C@H](O)Cc3ccccc3)CC2)c1Cc1ccc(C)cc1. The van der Waals surface area contributed by atoms with Crippen molar-refractivity contribution in [1.82, 2.24) is 14.9 Å². The van der Waals surface area contributed by atoms with Crippen LogP contribution in [0.2, 0.25) is 0 Å². The van der Waals surface area contributed by atoms with Crippen LogP contribution in [-0.4, -0.2) is 65.9 Å². The van der Waals surface area contributed by atoms with E-state index in [4.69, 9.17) is 14.7 Å². The first-order valence-corrected chi connectivity index (χ1v) is 13.8. The van der Waals surface area contributed by atoms with Crippen LogP contribution in [0, 0.1) is 6.92 Å². The predicted molar refractivity (Wildman–Crippen MR) is 157 cm³/mol. The highest BCUT2D eigenvalue weighted by atomic mass is 16.5. The average Bonchev–Trinajstić information content (AvgIpc) is 2.96. The Morgan fingerprint density at radius 1 is 0.821 bits per heavy atom. The molecule has 0 spiro atoms. The van der Waals surface area contributed by atoms with E-state index in [0.717, 1.165) is 61.1 Å². The largest absolute Gasteiger partial charge is 0.391 e. The molecular formula is C33H38N4O2. The quantitative estimate of drug-likeness (QED) is 0.319. The van der Waals surface area contributed by atoms with E-state index in [0.29, 0.717) is 19.6 Å². The molecule has 0 aliphatic carbocycles. The molecular weight excluding hydrogens is 484 g/mol. The lowest BCUT2D eigenvalue weighted by Crippen LogP contribution is -2.49. The molecule has 0 unspecified atom stereocenters. The molecule has 1 saturated heterocycles. The minimum atomic E-state index is -0.381. The molecule has 0 saturated carbocycles. The standard InChI is InChI=1S/C33H38N4O2/c1-25-13-15-27(16-14-25)22-30-31(24-39-2)34-32(28-11-7-4-8-12-28)35-33(30)37-19-17-36(18-20-37)23-29(38)21-26-9-5-3-6-10-26/h3-16,29,38H,17-24H2,1-2H3/t29-/m1/s1. The van der Waals surface area contributed by atoms with Crippen molar-refractivity contribution in [3.63, 3.8) is 0 Å². The average molecular weight is 523 g/mol. The van der Waals surface area contributed by atoms with Crippen LogP contribution >= 0.6 is 0 Å². The summed E-state index contributed by atoms with van der Waals surface area (Å²) in [5.41, 5.74) is 6.71. The number of aromatic nitrogens is 2. The van der Waals surface area contributed by atoms with Crippen molar-refractivity contribution in [3.8, 4) is 11.4 Å². The number of β-amino-alcohol motifs (C(OH)–C–C–N with tert-alkyl or cyclic N) is 1. The number of methoxy groups -OCH3 is 1. The molecule has 2 heterocycles. The number of ether oxygens (including phenoxy) is 1. The summed E-state index contributed by atoms with van der Waals surface area (Å²) in [7, 11) is 1.72. The number of aliphatic hydroxyl groups is 1. The Morgan fingerprint density at radius 3 is 2.15 bits per heavy atom. The zero-order valence-electron chi connectivity index (χ0n) is 23.0. The fourth-order valence-corrected chi connectivity index (χ4v) is 5.23. The number of hydrogen-bond acceptors (Lipinski definition) is 6. The predicted octanol–water partition coefficient (Wildman–Crippen LogP) is 4.91. The second-order valence-electron chi connectivity index (χ2n) is 10.4. The van der Waals surface area contributed by atoms with Crippen molar-refractivity contribution in [2.24, 2.45) is 0 Å². The second-order valence-corrected chi connectivity index (χ2v) is 10.4. The molecule has 1 aromatic heterocycles. The van der Waals surface area contributed by atoms with Crippen LogP contribution in [0.3, 0.4) is 0 Å². The molecule has 6 heteroatoms. The van der Waals surface area contributed by atoms with Crippen LogP contribution in [0.1, 0.15) is 27.9 Å². The van der Waals surface area contributed by atoms with Crippen LogP contribution in [0.15, 0.2) is 84.9 Å². The molecule has 202 valence electrons. The molecule has 3 aromatic carbocycles. The number of aliphatic hydroxyl groups excluding tert-OH is 1. The van der Waals surface area contributed by atoms with Crippen LogP contribution in [0.25, 0.3) is 11.4 Å². The van der Waals surface area contributed by atoms with E-state index in [1.807, 2.05) is 36.4 Å². The van der Waals surface area contributed by atoms with Crippen molar-refractivity contribution in [3.05, 3.63) is 113 Å². The lowest BCUT2D eigenvalue weighted by Gasteiger charge is -2.37. The van der Waals surface area contributed by atoms with Gasteiger partial charge < -0.3 is 14.7 Å². The van der Waals surface area contributed by atoms with Crippen LogP contribution < -0.4 is 4.90 Å². The third-order valence-corrected chi connectivity index (χ3v) is 7.34. The van der Waals surface area contributed by atoms with Gasteiger partial charge in [-0.15, -0.1) is 0 Å². The third kappa shape index (κ3) is 7.09. The van der Waals surface area contributed by atoms with E-state index in [2.05, 4.69) is 65.3 Å². The van der Waals surface area contributed by atoms with Gasteiger partial charge in [0.1, 0.15) is 5.82 Å². The molecule has 0 amide bonds. The summed E-state index contributed by atoms with van der Waals surface area (Å²) in [6.45, 7) is 6.65. The van der Waals surface area contributed by atoms with E-state index in [9.17, 15) is 5.11 Å². The summed E-state index contributed by atoms with van der Waals surface area (Å²) in [5.74, 6) is 1.71. The molecule has 1 fully saturated rings.